The zero-order valence-corrected chi connectivity index (χ0v) is 60.2. The molecular formula is C83H157NO5. The molecule has 0 aliphatic carbocycles. The van der Waals surface area contributed by atoms with E-state index >= 15 is 0 Å². The molecule has 524 valence electrons. The smallest absolute Gasteiger partial charge is 0.305 e. The maximum Gasteiger partial charge on any atom is 0.305 e. The summed E-state index contributed by atoms with van der Waals surface area (Å²) in [6.45, 7) is 4.98. The Morgan fingerprint density at radius 2 is 0.562 bits per heavy atom. The Morgan fingerprint density at radius 3 is 0.865 bits per heavy atom. The van der Waals surface area contributed by atoms with E-state index in [-0.39, 0.29) is 18.5 Å². The van der Waals surface area contributed by atoms with Gasteiger partial charge in [0.1, 0.15) is 0 Å². The van der Waals surface area contributed by atoms with Crippen molar-refractivity contribution in [3.8, 4) is 0 Å². The summed E-state index contributed by atoms with van der Waals surface area (Å²) in [6.07, 6.45) is 103. The van der Waals surface area contributed by atoms with E-state index < -0.39 is 12.1 Å². The molecule has 0 radical (unpaired) electrons. The summed E-state index contributed by atoms with van der Waals surface area (Å²) in [6, 6.07) is -0.541. The number of carbonyl (C=O) groups excluding carboxylic acids is 2. The first-order valence-corrected chi connectivity index (χ1v) is 40.4. The van der Waals surface area contributed by atoms with Crippen LogP contribution in [0.25, 0.3) is 0 Å². The Bertz CT molecular complexity index is 1490. The summed E-state index contributed by atoms with van der Waals surface area (Å²) in [5, 5.41) is 23.4. The second kappa shape index (κ2) is 78.3. The van der Waals surface area contributed by atoms with Gasteiger partial charge in [0.25, 0.3) is 0 Å². The maximum atomic E-state index is 12.6. The number of aliphatic hydroxyl groups is 2. The first-order valence-electron chi connectivity index (χ1n) is 40.4. The Morgan fingerprint density at radius 1 is 0.315 bits per heavy atom. The Hall–Kier alpha value is -2.18. The summed E-state index contributed by atoms with van der Waals surface area (Å²) in [4.78, 5) is 24.7. The molecule has 0 aromatic carbocycles. The van der Waals surface area contributed by atoms with Gasteiger partial charge in [-0.25, -0.2) is 0 Å². The van der Waals surface area contributed by atoms with Crippen molar-refractivity contribution >= 4 is 11.9 Å². The van der Waals surface area contributed by atoms with Gasteiger partial charge in [-0.05, 0) is 89.9 Å². The fraction of sp³-hybridized carbons (Fsp3) is 0.880. The molecule has 0 saturated carbocycles. The summed E-state index contributed by atoms with van der Waals surface area (Å²) in [7, 11) is 0. The zero-order valence-electron chi connectivity index (χ0n) is 60.2. The van der Waals surface area contributed by atoms with Gasteiger partial charge in [-0.15, -0.1) is 0 Å². The molecule has 0 fully saturated rings. The molecule has 0 rings (SSSR count). The highest BCUT2D eigenvalue weighted by atomic mass is 16.5. The number of amides is 1. The van der Waals surface area contributed by atoms with Gasteiger partial charge in [-0.1, -0.05) is 390 Å². The molecule has 1 amide bonds. The molecule has 0 spiro atoms. The van der Waals surface area contributed by atoms with Gasteiger partial charge in [0.05, 0.1) is 25.4 Å². The minimum Gasteiger partial charge on any atom is -0.466 e. The molecule has 0 saturated heterocycles. The number of hydrogen-bond donors (Lipinski definition) is 3. The molecular weight excluding hydrogens is 1090 g/mol. The number of rotatable bonds is 76. The predicted molar refractivity (Wildman–Crippen MR) is 393 cm³/mol. The molecule has 2 unspecified atom stereocenters. The van der Waals surface area contributed by atoms with Crippen molar-refractivity contribution in [2.45, 2.75) is 456 Å². The quantitative estimate of drug-likeness (QED) is 0.0320. The third kappa shape index (κ3) is 74.7. The Labute approximate surface area is 556 Å². The lowest BCUT2D eigenvalue weighted by molar-refractivity contribution is -0.143. The van der Waals surface area contributed by atoms with Crippen LogP contribution in [-0.2, 0) is 14.3 Å². The van der Waals surface area contributed by atoms with Crippen molar-refractivity contribution < 1.29 is 24.5 Å². The standard InChI is InChI=1S/C83H157NO5/c1-3-5-7-9-11-13-15-17-19-21-40-43-47-51-55-59-63-67-71-75-81(86)80(79-85)84-82(87)76-72-68-64-60-56-52-48-44-41-38-36-34-32-30-28-26-24-23-25-27-29-31-33-35-37-39-42-46-50-54-58-62-66-70-74-78-89-83(88)77-73-69-65-61-57-53-49-45-22-20-18-16-14-12-10-8-6-4-2/h14,16,20,22,25,27,31,33,80-81,85-86H,3-13,15,17-19,21,23-24,26,28-30,32,34-79H2,1-2H3,(H,84,87)/b16-14-,22-20-,27-25-,33-31-. The minimum atomic E-state index is -0.664. The van der Waals surface area contributed by atoms with Gasteiger partial charge in [0.2, 0.25) is 5.91 Å². The van der Waals surface area contributed by atoms with Gasteiger partial charge < -0.3 is 20.3 Å². The van der Waals surface area contributed by atoms with Gasteiger partial charge in [0.15, 0.2) is 0 Å². The molecule has 6 nitrogen and oxygen atoms in total. The predicted octanol–water partition coefficient (Wildman–Crippen LogP) is 26.8. The van der Waals surface area contributed by atoms with Crippen LogP contribution in [0.5, 0.6) is 0 Å². The highest BCUT2D eigenvalue weighted by Crippen LogP contribution is 2.20. The number of unbranched alkanes of at least 4 members (excludes halogenated alkanes) is 57. The average molecular weight is 1250 g/mol. The van der Waals surface area contributed by atoms with Gasteiger partial charge in [0, 0.05) is 12.8 Å². The molecule has 2 atom stereocenters. The summed E-state index contributed by atoms with van der Waals surface area (Å²) >= 11 is 0. The number of allylic oxidation sites excluding steroid dienone is 8. The highest BCUT2D eigenvalue weighted by Gasteiger charge is 2.20. The normalized spacial score (nSPS) is 12.7. The van der Waals surface area contributed by atoms with Crippen LogP contribution in [0, 0.1) is 0 Å². The summed E-state index contributed by atoms with van der Waals surface area (Å²) in [5.41, 5.74) is 0. The van der Waals surface area contributed by atoms with Gasteiger partial charge >= 0.3 is 5.97 Å². The van der Waals surface area contributed by atoms with Crippen LogP contribution >= 0.6 is 0 Å². The van der Waals surface area contributed by atoms with Crippen LogP contribution in [0.1, 0.15) is 444 Å². The largest absolute Gasteiger partial charge is 0.466 e. The number of esters is 1. The van der Waals surface area contributed by atoms with E-state index in [4.69, 9.17) is 4.74 Å². The van der Waals surface area contributed by atoms with Crippen molar-refractivity contribution in [1.29, 1.82) is 0 Å². The van der Waals surface area contributed by atoms with Crippen LogP contribution in [0.2, 0.25) is 0 Å². The molecule has 0 aromatic rings. The van der Waals surface area contributed by atoms with Crippen LogP contribution in [0.15, 0.2) is 48.6 Å². The minimum absolute atomic E-state index is 0.00995. The van der Waals surface area contributed by atoms with Crippen molar-refractivity contribution in [3.05, 3.63) is 48.6 Å². The van der Waals surface area contributed by atoms with Crippen LogP contribution in [-0.4, -0.2) is 47.4 Å². The lowest BCUT2D eigenvalue weighted by atomic mass is 10.0. The second-order valence-electron chi connectivity index (χ2n) is 27.7. The number of carbonyl (C=O) groups is 2. The molecule has 0 aromatic heterocycles. The van der Waals surface area contributed by atoms with Crippen molar-refractivity contribution in [2.75, 3.05) is 13.2 Å². The lowest BCUT2D eigenvalue weighted by Crippen LogP contribution is -2.45. The Kier molecular flexibility index (Phi) is 76.3. The van der Waals surface area contributed by atoms with Gasteiger partial charge in [-0.3, -0.25) is 9.59 Å². The fourth-order valence-electron chi connectivity index (χ4n) is 12.7. The topological polar surface area (TPSA) is 95.9 Å². The molecule has 3 N–H and O–H groups in total. The molecule has 0 heterocycles. The molecule has 0 aliphatic rings. The number of aliphatic hydroxyl groups excluding tert-OH is 2. The first kappa shape index (κ1) is 86.8. The molecule has 89 heavy (non-hydrogen) atoms. The zero-order chi connectivity index (χ0) is 64.2. The summed E-state index contributed by atoms with van der Waals surface area (Å²) in [5.74, 6) is -0.0184. The number of ether oxygens (including phenoxy) is 1. The fourth-order valence-corrected chi connectivity index (χ4v) is 12.7. The third-order valence-corrected chi connectivity index (χ3v) is 18.9. The van der Waals surface area contributed by atoms with E-state index in [0.29, 0.717) is 25.9 Å². The first-order chi connectivity index (χ1) is 44.0. The van der Waals surface area contributed by atoms with E-state index in [9.17, 15) is 19.8 Å². The average Bonchev–Trinajstić information content (AvgIpc) is 3.58. The Balaban J connectivity index is 3.37. The lowest BCUT2D eigenvalue weighted by Gasteiger charge is -2.22. The van der Waals surface area contributed by atoms with Crippen LogP contribution in [0.3, 0.4) is 0 Å². The van der Waals surface area contributed by atoms with E-state index in [1.54, 1.807) is 0 Å². The van der Waals surface area contributed by atoms with Crippen LogP contribution < -0.4 is 5.32 Å². The second-order valence-corrected chi connectivity index (χ2v) is 27.7. The van der Waals surface area contributed by atoms with Crippen LogP contribution in [0.4, 0.5) is 0 Å². The van der Waals surface area contributed by atoms with E-state index in [1.807, 2.05) is 0 Å². The number of nitrogens with one attached hydrogen (secondary N) is 1. The highest BCUT2D eigenvalue weighted by molar-refractivity contribution is 5.76. The van der Waals surface area contributed by atoms with Crippen molar-refractivity contribution in [2.24, 2.45) is 0 Å². The van der Waals surface area contributed by atoms with Crippen molar-refractivity contribution in [3.63, 3.8) is 0 Å². The van der Waals surface area contributed by atoms with E-state index in [0.717, 1.165) is 57.8 Å². The van der Waals surface area contributed by atoms with Gasteiger partial charge in [-0.2, -0.15) is 0 Å². The van der Waals surface area contributed by atoms with E-state index in [2.05, 4.69) is 67.8 Å². The summed E-state index contributed by atoms with van der Waals surface area (Å²) < 4.78 is 5.51. The molecule has 0 aliphatic heterocycles. The van der Waals surface area contributed by atoms with Crippen molar-refractivity contribution in [1.82, 2.24) is 5.32 Å². The monoisotopic (exact) mass is 1250 g/mol. The maximum absolute atomic E-state index is 12.6. The molecule has 6 heteroatoms. The molecule has 0 bridgehead atoms. The third-order valence-electron chi connectivity index (χ3n) is 18.9. The number of hydrogen-bond acceptors (Lipinski definition) is 5. The van der Waals surface area contributed by atoms with E-state index in [1.165, 1.54) is 353 Å². The SMILES string of the molecule is CCCCCC/C=C\C/C=C\CCCCCCCCCC(=O)OCCCCCCCCCCCCC/C=C\C/C=C\CCCCCCCCCCCCCCCCCCCC(=O)NC(CO)C(O)CCCCCCCCCCCCCCCCCCCCC.